The highest BCUT2D eigenvalue weighted by Gasteiger charge is 2.12. The number of urea groups is 1. The van der Waals surface area contributed by atoms with Crippen molar-refractivity contribution in [3.8, 4) is 5.88 Å². The van der Waals surface area contributed by atoms with Crippen LogP contribution < -0.4 is 15.4 Å². The zero-order chi connectivity index (χ0) is 17.1. The third-order valence-electron chi connectivity index (χ3n) is 3.45. The second-order valence-corrected chi connectivity index (χ2v) is 5.77. The normalized spacial score (nSPS) is 10.8. The van der Waals surface area contributed by atoms with Crippen LogP contribution in [0.4, 0.5) is 16.2 Å². The van der Waals surface area contributed by atoms with E-state index in [0.717, 1.165) is 16.6 Å². The minimum absolute atomic E-state index is 0.0288. The number of fused-ring (bicyclic) bond motifs is 1. The molecule has 0 saturated heterocycles. The van der Waals surface area contributed by atoms with Crippen LogP contribution in [0.15, 0.2) is 48.5 Å². The molecule has 0 saturated carbocycles. The molecule has 0 fully saturated rings. The summed E-state index contributed by atoms with van der Waals surface area (Å²) >= 11 is 0. The Morgan fingerprint density at radius 2 is 1.79 bits per heavy atom. The first kappa shape index (κ1) is 15.9. The minimum atomic E-state index is -0.296. The quantitative estimate of drug-likeness (QED) is 0.762. The molecular formula is C18H20N4O2. The number of amides is 2. The van der Waals surface area contributed by atoms with E-state index < -0.39 is 0 Å². The van der Waals surface area contributed by atoms with Crippen molar-refractivity contribution in [1.29, 1.82) is 0 Å². The van der Waals surface area contributed by atoms with Crippen LogP contribution in [0.5, 0.6) is 5.88 Å². The molecule has 0 radical (unpaired) electrons. The highest BCUT2D eigenvalue weighted by Crippen LogP contribution is 2.28. The largest absolute Gasteiger partial charge is 0.473 e. The van der Waals surface area contributed by atoms with Gasteiger partial charge in [-0.1, -0.05) is 18.2 Å². The first-order valence-corrected chi connectivity index (χ1v) is 7.79. The first-order valence-electron chi connectivity index (χ1n) is 7.79. The van der Waals surface area contributed by atoms with Gasteiger partial charge in [0, 0.05) is 18.4 Å². The predicted molar refractivity (Wildman–Crippen MR) is 95.6 cm³/mol. The Balaban J connectivity index is 1.81. The van der Waals surface area contributed by atoms with Crippen molar-refractivity contribution in [3.63, 3.8) is 0 Å². The lowest BCUT2D eigenvalue weighted by Crippen LogP contribution is -2.19. The molecule has 3 rings (SSSR count). The van der Waals surface area contributed by atoms with Gasteiger partial charge in [-0.05, 0) is 44.2 Å². The number of aryl methyl sites for hydroxylation is 1. The Morgan fingerprint density at radius 1 is 1.08 bits per heavy atom. The summed E-state index contributed by atoms with van der Waals surface area (Å²) in [6.07, 6.45) is 0.0288. The molecule has 0 aliphatic heterocycles. The number of aromatic nitrogens is 2. The molecule has 0 atom stereocenters. The molecule has 3 aromatic rings. The summed E-state index contributed by atoms with van der Waals surface area (Å²) < 4.78 is 7.51. The summed E-state index contributed by atoms with van der Waals surface area (Å²) in [6, 6.07) is 14.6. The zero-order valence-corrected chi connectivity index (χ0v) is 13.9. The maximum absolute atomic E-state index is 12.1. The van der Waals surface area contributed by atoms with Crippen LogP contribution in [0, 0.1) is 0 Å². The van der Waals surface area contributed by atoms with Gasteiger partial charge in [0.1, 0.15) is 0 Å². The van der Waals surface area contributed by atoms with E-state index >= 15 is 0 Å². The molecule has 1 aromatic heterocycles. The van der Waals surface area contributed by atoms with E-state index in [-0.39, 0.29) is 12.1 Å². The maximum Gasteiger partial charge on any atom is 0.323 e. The van der Waals surface area contributed by atoms with Gasteiger partial charge in [0.25, 0.3) is 0 Å². The minimum Gasteiger partial charge on any atom is -0.473 e. The van der Waals surface area contributed by atoms with Crippen molar-refractivity contribution >= 4 is 28.3 Å². The van der Waals surface area contributed by atoms with Crippen LogP contribution in [0.1, 0.15) is 13.8 Å². The summed E-state index contributed by atoms with van der Waals surface area (Å²) in [4.78, 5) is 12.1. The lowest BCUT2D eigenvalue weighted by molar-refractivity contribution is 0.233. The third kappa shape index (κ3) is 3.48. The molecular weight excluding hydrogens is 304 g/mol. The average Bonchev–Trinajstić information content (AvgIpc) is 2.83. The van der Waals surface area contributed by atoms with Gasteiger partial charge in [-0.15, -0.1) is 5.10 Å². The molecule has 0 aliphatic carbocycles. The van der Waals surface area contributed by atoms with Crippen molar-refractivity contribution in [2.24, 2.45) is 7.05 Å². The van der Waals surface area contributed by atoms with Crippen molar-refractivity contribution in [2.75, 3.05) is 10.6 Å². The highest BCUT2D eigenvalue weighted by molar-refractivity contribution is 6.01. The number of hydrogen-bond acceptors (Lipinski definition) is 3. The third-order valence-corrected chi connectivity index (χ3v) is 3.45. The van der Waals surface area contributed by atoms with E-state index in [2.05, 4.69) is 15.7 Å². The highest BCUT2D eigenvalue weighted by atomic mass is 16.5. The number of nitrogens with one attached hydrogen (secondary N) is 2. The fourth-order valence-electron chi connectivity index (χ4n) is 2.44. The molecule has 6 heteroatoms. The summed E-state index contributed by atoms with van der Waals surface area (Å²) in [5, 5.41) is 10.9. The molecule has 2 N–H and O–H groups in total. The number of nitrogens with zero attached hydrogens (tertiary/aromatic N) is 2. The van der Waals surface area contributed by atoms with E-state index in [9.17, 15) is 4.79 Å². The number of carbonyl (C=O) groups excluding carboxylic acids is 1. The van der Waals surface area contributed by atoms with Gasteiger partial charge in [0.15, 0.2) is 0 Å². The number of benzene rings is 2. The Hall–Kier alpha value is -3.02. The number of hydrogen-bond donors (Lipinski definition) is 2. The van der Waals surface area contributed by atoms with E-state index in [0.29, 0.717) is 11.6 Å². The fraction of sp³-hybridized carbons (Fsp3) is 0.222. The Morgan fingerprint density at radius 3 is 2.50 bits per heavy atom. The molecule has 0 aliphatic rings. The van der Waals surface area contributed by atoms with E-state index in [4.69, 9.17) is 4.74 Å². The van der Waals surface area contributed by atoms with Crippen LogP contribution in [0.25, 0.3) is 10.9 Å². The van der Waals surface area contributed by atoms with E-state index in [1.807, 2.05) is 69.4 Å². The molecule has 2 amide bonds. The van der Waals surface area contributed by atoms with Gasteiger partial charge in [-0.2, -0.15) is 0 Å². The molecule has 0 bridgehead atoms. The summed E-state index contributed by atoms with van der Waals surface area (Å²) in [7, 11) is 1.87. The molecule has 2 aromatic carbocycles. The lowest BCUT2D eigenvalue weighted by Gasteiger charge is -2.09. The van der Waals surface area contributed by atoms with Gasteiger partial charge < -0.3 is 15.4 Å². The van der Waals surface area contributed by atoms with Gasteiger partial charge in [0.2, 0.25) is 5.88 Å². The summed E-state index contributed by atoms with van der Waals surface area (Å²) in [5.74, 6) is 0.564. The predicted octanol–water partition coefficient (Wildman–Crippen LogP) is 4.00. The van der Waals surface area contributed by atoms with Crippen molar-refractivity contribution in [2.45, 2.75) is 20.0 Å². The number of anilines is 2. The average molecular weight is 324 g/mol. The second-order valence-electron chi connectivity index (χ2n) is 5.77. The van der Waals surface area contributed by atoms with Crippen LogP contribution in [0.3, 0.4) is 0 Å². The SMILES string of the molecule is CC(C)Oc1nn(C)c2ccc(NC(=O)Nc3ccccc3)cc12. The number of ether oxygens (including phenoxy) is 1. The van der Waals surface area contributed by atoms with Crippen LogP contribution in [-0.4, -0.2) is 21.9 Å². The molecule has 0 unspecified atom stereocenters. The monoisotopic (exact) mass is 324 g/mol. The number of rotatable bonds is 4. The molecule has 0 spiro atoms. The Bertz CT molecular complexity index is 856. The molecule has 124 valence electrons. The van der Waals surface area contributed by atoms with Crippen molar-refractivity contribution in [1.82, 2.24) is 9.78 Å². The maximum atomic E-state index is 12.1. The topological polar surface area (TPSA) is 68.2 Å². The van der Waals surface area contributed by atoms with E-state index in [1.54, 1.807) is 4.68 Å². The smallest absolute Gasteiger partial charge is 0.323 e. The second kappa shape index (κ2) is 6.62. The molecule has 1 heterocycles. The van der Waals surface area contributed by atoms with Gasteiger partial charge in [0.05, 0.1) is 17.0 Å². The lowest BCUT2D eigenvalue weighted by atomic mass is 10.2. The summed E-state index contributed by atoms with van der Waals surface area (Å²) in [5.41, 5.74) is 2.36. The molecule has 6 nitrogen and oxygen atoms in total. The summed E-state index contributed by atoms with van der Waals surface area (Å²) in [6.45, 7) is 3.91. The standard InChI is InChI=1S/C18H20N4O2/c1-12(2)24-17-15-11-14(9-10-16(15)22(3)21-17)20-18(23)19-13-7-5-4-6-8-13/h4-12H,1-3H3,(H2,19,20,23). The van der Waals surface area contributed by atoms with Crippen LogP contribution >= 0.6 is 0 Å². The van der Waals surface area contributed by atoms with Gasteiger partial charge in [-0.3, -0.25) is 4.68 Å². The van der Waals surface area contributed by atoms with E-state index in [1.165, 1.54) is 0 Å². The Kier molecular flexibility index (Phi) is 4.37. The first-order chi connectivity index (χ1) is 11.5. The Labute approximate surface area is 140 Å². The number of carbonyl (C=O) groups is 1. The van der Waals surface area contributed by atoms with Gasteiger partial charge in [-0.25, -0.2) is 4.79 Å². The van der Waals surface area contributed by atoms with Crippen LogP contribution in [0.2, 0.25) is 0 Å². The van der Waals surface area contributed by atoms with Gasteiger partial charge >= 0.3 is 6.03 Å². The van der Waals surface area contributed by atoms with Crippen molar-refractivity contribution < 1.29 is 9.53 Å². The number of para-hydroxylation sites is 1. The molecule has 24 heavy (non-hydrogen) atoms. The zero-order valence-electron chi connectivity index (χ0n) is 13.9. The van der Waals surface area contributed by atoms with Crippen molar-refractivity contribution in [3.05, 3.63) is 48.5 Å². The fourth-order valence-corrected chi connectivity index (χ4v) is 2.44. The van der Waals surface area contributed by atoms with Crippen LogP contribution in [-0.2, 0) is 7.05 Å².